The van der Waals surface area contributed by atoms with Crippen LogP contribution in [-0.2, 0) is 27.7 Å². The number of hydrogen-bond donors (Lipinski definition) is 2. The summed E-state index contributed by atoms with van der Waals surface area (Å²) in [5.41, 5.74) is 0.907. The predicted octanol–water partition coefficient (Wildman–Crippen LogP) is 0.286. The van der Waals surface area contributed by atoms with Crippen LogP contribution in [0.1, 0.15) is 17.5 Å². The molecule has 1 aromatic rings. The molecule has 0 atom stereocenters. The summed E-state index contributed by atoms with van der Waals surface area (Å²) in [5, 5.41) is 13.9. The zero-order valence-corrected chi connectivity index (χ0v) is 10.4. The van der Waals surface area contributed by atoms with Crippen LogP contribution in [0, 0.1) is 0 Å². The molecule has 18 heavy (non-hydrogen) atoms. The molecule has 3 N–H and O–H groups in total. The highest BCUT2D eigenvalue weighted by atomic mass is 32.2. The molecule has 6 nitrogen and oxygen atoms in total. The van der Waals surface area contributed by atoms with E-state index in [9.17, 15) is 13.2 Å². The van der Waals surface area contributed by atoms with Gasteiger partial charge in [0, 0.05) is 0 Å². The Morgan fingerprint density at radius 3 is 2.78 bits per heavy atom. The summed E-state index contributed by atoms with van der Waals surface area (Å²) in [4.78, 5) is 10.6. The highest BCUT2D eigenvalue weighted by Gasteiger charge is 2.21. The Labute approximate surface area is 104 Å². The van der Waals surface area contributed by atoms with E-state index in [2.05, 4.69) is 0 Å². The van der Waals surface area contributed by atoms with E-state index >= 15 is 0 Å². The molecule has 0 aliphatic carbocycles. The van der Waals surface area contributed by atoms with E-state index in [1.54, 1.807) is 0 Å². The first kappa shape index (κ1) is 12.8. The van der Waals surface area contributed by atoms with Crippen LogP contribution >= 0.6 is 0 Å². The lowest BCUT2D eigenvalue weighted by atomic mass is 10.0. The summed E-state index contributed by atoms with van der Waals surface area (Å²) in [7, 11) is -3.93. The van der Waals surface area contributed by atoms with Crippen molar-refractivity contribution in [3.8, 4) is 5.75 Å². The third kappa shape index (κ3) is 2.62. The van der Waals surface area contributed by atoms with Gasteiger partial charge in [0.15, 0.2) is 0 Å². The van der Waals surface area contributed by atoms with E-state index in [1.165, 1.54) is 12.1 Å². The first-order chi connectivity index (χ1) is 8.38. The number of primary sulfonamides is 1. The zero-order chi connectivity index (χ0) is 13.3. The number of ether oxygens (including phenoxy) is 1. The van der Waals surface area contributed by atoms with E-state index in [4.69, 9.17) is 15.0 Å². The minimum absolute atomic E-state index is 0.130. The smallest absolute Gasteiger partial charge is 0.307 e. The largest absolute Gasteiger partial charge is 0.493 e. The van der Waals surface area contributed by atoms with Crippen molar-refractivity contribution in [3.63, 3.8) is 0 Å². The van der Waals surface area contributed by atoms with E-state index in [-0.39, 0.29) is 10.5 Å². The third-order valence-electron chi connectivity index (χ3n) is 2.74. The predicted molar refractivity (Wildman–Crippen MR) is 63.0 cm³/mol. The van der Waals surface area contributed by atoms with Gasteiger partial charge in [0.1, 0.15) is 5.75 Å². The molecule has 7 heteroatoms. The van der Waals surface area contributed by atoms with E-state index in [0.29, 0.717) is 18.8 Å². The summed E-state index contributed by atoms with van der Waals surface area (Å²) in [6.45, 7) is 0.550. The van der Waals surface area contributed by atoms with Crippen molar-refractivity contribution in [3.05, 3.63) is 23.3 Å². The maximum Gasteiger partial charge on any atom is 0.307 e. The summed E-state index contributed by atoms with van der Waals surface area (Å²) >= 11 is 0. The van der Waals surface area contributed by atoms with Crippen LogP contribution in [0.5, 0.6) is 5.75 Å². The van der Waals surface area contributed by atoms with Crippen molar-refractivity contribution in [1.82, 2.24) is 0 Å². The Hall–Kier alpha value is -1.60. The second-order valence-electron chi connectivity index (χ2n) is 4.14. The maximum atomic E-state index is 11.5. The Morgan fingerprint density at radius 2 is 2.17 bits per heavy atom. The SMILES string of the molecule is NS(=O)(=O)c1cc2c(cc1CC(=O)O)OCCC2. The average molecular weight is 271 g/mol. The number of aliphatic carboxylic acids is 1. The van der Waals surface area contributed by atoms with Crippen LogP contribution in [0.2, 0.25) is 0 Å². The number of fused-ring (bicyclic) bond motifs is 1. The topological polar surface area (TPSA) is 107 Å². The minimum atomic E-state index is -3.93. The van der Waals surface area contributed by atoms with Crippen LogP contribution in [0.3, 0.4) is 0 Å². The van der Waals surface area contributed by atoms with Crippen LogP contribution in [0.25, 0.3) is 0 Å². The standard InChI is InChI=1S/C11H13NO5S/c12-18(15,16)10-5-7-2-1-3-17-9(7)4-8(10)6-11(13)14/h4-5H,1-3,6H2,(H,13,14)(H2,12,15,16). The van der Waals surface area contributed by atoms with Gasteiger partial charge in [-0.05, 0) is 36.1 Å². The van der Waals surface area contributed by atoms with Crippen LogP contribution < -0.4 is 9.88 Å². The molecule has 0 radical (unpaired) electrons. The first-order valence-electron chi connectivity index (χ1n) is 5.41. The first-order valence-corrected chi connectivity index (χ1v) is 6.96. The summed E-state index contributed by atoms with van der Waals surface area (Å²) < 4.78 is 28.3. The fourth-order valence-corrected chi connectivity index (χ4v) is 2.79. The molecule has 1 aliphatic heterocycles. The maximum absolute atomic E-state index is 11.5. The van der Waals surface area contributed by atoms with Crippen molar-refractivity contribution >= 4 is 16.0 Å². The van der Waals surface area contributed by atoms with Gasteiger partial charge in [-0.15, -0.1) is 0 Å². The van der Waals surface area contributed by atoms with Crippen molar-refractivity contribution in [2.45, 2.75) is 24.2 Å². The fourth-order valence-electron chi connectivity index (χ4n) is 1.98. The summed E-state index contributed by atoms with van der Waals surface area (Å²) in [6.07, 6.45) is 1.10. The van der Waals surface area contributed by atoms with Gasteiger partial charge in [-0.3, -0.25) is 4.79 Å². The Kier molecular flexibility index (Phi) is 3.27. The Balaban J connectivity index is 2.58. The van der Waals surface area contributed by atoms with Crippen molar-refractivity contribution in [2.24, 2.45) is 5.14 Å². The molecule has 98 valence electrons. The second kappa shape index (κ2) is 4.58. The third-order valence-corrected chi connectivity index (χ3v) is 3.73. The summed E-state index contributed by atoms with van der Waals surface area (Å²) in [5.74, 6) is -0.569. The molecule has 1 aromatic carbocycles. The summed E-state index contributed by atoms with van der Waals surface area (Å²) in [6, 6.07) is 2.88. The molecule has 0 fully saturated rings. The normalized spacial score (nSPS) is 14.7. The molecular formula is C11H13NO5S. The Bertz CT molecular complexity index is 594. The van der Waals surface area contributed by atoms with Gasteiger partial charge in [-0.2, -0.15) is 0 Å². The molecule has 2 rings (SSSR count). The highest BCUT2D eigenvalue weighted by Crippen LogP contribution is 2.30. The second-order valence-corrected chi connectivity index (χ2v) is 5.67. The highest BCUT2D eigenvalue weighted by molar-refractivity contribution is 7.89. The zero-order valence-electron chi connectivity index (χ0n) is 9.55. The molecule has 0 bridgehead atoms. The molecule has 0 saturated heterocycles. The average Bonchev–Trinajstić information content (AvgIpc) is 2.26. The van der Waals surface area contributed by atoms with Gasteiger partial charge in [0.25, 0.3) is 0 Å². The number of carboxylic acid groups (broad SMARTS) is 1. The quantitative estimate of drug-likeness (QED) is 0.821. The van der Waals surface area contributed by atoms with Crippen molar-refractivity contribution < 1.29 is 23.1 Å². The number of carbonyl (C=O) groups is 1. The number of benzene rings is 1. The number of hydrogen-bond acceptors (Lipinski definition) is 4. The number of sulfonamides is 1. The lowest BCUT2D eigenvalue weighted by Crippen LogP contribution is -2.18. The molecule has 0 saturated carbocycles. The molecule has 0 spiro atoms. The lowest BCUT2D eigenvalue weighted by Gasteiger charge is -2.19. The number of nitrogens with two attached hydrogens (primary N) is 1. The van der Waals surface area contributed by atoms with Gasteiger partial charge in [-0.25, -0.2) is 13.6 Å². The van der Waals surface area contributed by atoms with Crippen LogP contribution in [0.15, 0.2) is 17.0 Å². The molecule has 0 aromatic heterocycles. The minimum Gasteiger partial charge on any atom is -0.493 e. The van der Waals surface area contributed by atoms with Gasteiger partial charge >= 0.3 is 5.97 Å². The van der Waals surface area contributed by atoms with Gasteiger partial charge in [0.2, 0.25) is 10.0 Å². The van der Waals surface area contributed by atoms with E-state index < -0.39 is 22.4 Å². The number of rotatable bonds is 3. The van der Waals surface area contributed by atoms with Crippen LogP contribution in [-0.4, -0.2) is 26.1 Å². The Morgan fingerprint density at radius 1 is 1.44 bits per heavy atom. The molecule has 1 heterocycles. The van der Waals surface area contributed by atoms with Crippen LogP contribution in [0.4, 0.5) is 0 Å². The van der Waals surface area contributed by atoms with Gasteiger partial charge in [0.05, 0.1) is 17.9 Å². The molecule has 1 aliphatic rings. The van der Waals surface area contributed by atoms with E-state index in [0.717, 1.165) is 12.0 Å². The molecule has 0 unspecified atom stereocenters. The number of carboxylic acids is 1. The molecular weight excluding hydrogens is 258 g/mol. The van der Waals surface area contributed by atoms with Crippen molar-refractivity contribution in [2.75, 3.05) is 6.61 Å². The van der Waals surface area contributed by atoms with Gasteiger partial charge in [-0.1, -0.05) is 0 Å². The van der Waals surface area contributed by atoms with Gasteiger partial charge < -0.3 is 9.84 Å². The molecule has 0 amide bonds. The fraction of sp³-hybridized carbons (Fsp3) is 0.364. The van der Waals surface area contributed by atoms with Crippen molar-refractivity contribution in [1.29, 1.82) is 0 Å². The number of aryl methyl sites for hydroxylation is 1. The lowest BCUT2D eigenvalue weighted by molar-refractivity contribution is -0.136. The van der Waals surface area contributed by atoms with E-state index in [1.807, 2.05) is 0 Å². The monoisotopic (exact) mass is 271 g/mol.